The lowest BCUT2D eigenvalue weighted by atomic mass is 10.0. The zero-order chi connectivity index (χ0) is 24.3. The van der Waals surface area contributed by atoms with Gasteiger partial charge in [0.2, 0.25) is 0 Å². The molecule has 2 aliphatic rings. The van der Waals surface area contributed by atoms with Gasteiger partial charge in [0.15, 0.2) is 5.82 Å². The van der Waals surface area contributed by atoms with E-state index < -0.39 is 10.0 Å². The van der Waals surface area contributed by atoms with Crippen LogP contribution in [0.5, 0.6) is 5.75 Å². The number of ether oxygens (including phenoxy) is 1. The summed E-state index contributed by atoms with van der Waals surface area (Å²) >= 11 is 0. The van der Waals surface area contributed by atoms with Crippen LogP contribution < -0.4 is 15.0 Å². The van der Waals surface area contributed by atoms with Crippen molar-refractivity contribution in [1.82, 2.24) is 9.72 Å². The first kappa shape index (κ1) is 21.8. The summed E-state index contributed by atoms with van der Waals surface area (Å²) in [6, 6.07) is 11.6. The monoisotopic (exact) mass is 495 g/mol. The predicted octanol–water partition coefficient (Wildman–Crippen LogP) is 4.44. The first-order valence-corrected chi connectivity index (χ1v) is 12.8. The Balaban J connectivity index is 1.43. The summed E-state index contributed by atoms with van der Waals surface area (Å²) in [5.74, 6) is 1.51. The van der Waals surface area contributed by atoms with Crippen LogP contribution in [0.3, 0.4) is 0 Å². The van der Waals surface area contributed by atoms with Gasteiger partial charge in [-0.25, -0.2) is 12.8 Å². The number of nitrogens with zero attached hydrogens (tertiary/aromatic N) is 2. The maximum absolute atomic E-state index is 15.3. The summed E-state index contributed by atoms with van der Waals surface area (Å²) in [4.78, 5) is 12.9. The summed E-state index contributed by atoms with van der Waals surface area (Å²) in [5.41, 5.74) is 0.930. The van der Waals surface area contributed by atoms with E-state index in [0.717, 1.165) is 6.42 Å². The smallest absolute Gasteiger partial charge is 0.263 e. The van der Waals surface area contributed by atoms with Crippen LogP contribution in [0.2, 0.25) is 0 Å². The summed E-state index contributed by atoms with van der Waals surface area (Å²) in [6.07, 6.45) is 4.67. The largest absolute Gasteiger partial charge is 0.495 e. The molecular formula is C25H22FN3O5S. The molecule has 2 saturated carbocycles. The van der Waals surface area contributed by atoms with Crippen molar-refractivity contribution in [3.05, 3.63) is 76.5 Å². The molecule has 8 nitrogen and oxygen atoms in total. The van der Waals surface area contributed by atoms with Crippen LogP contribution in [0.25, 0.3) is 16.6 Å². The number of nitrogens with one attached hydrogen (secondary N) is 1. The Bertz CT molecular complexity index is 1610. The lowest BCUT2D eigenvalue weighted by Crippen LogP contribution is -2.19. The highest BCUT2D eigenvalue weighted by Gasteiger charge is 2.49. The highest BCUT2D eigenvalue weighted by Crippen LogP contribution is 2.60. The van der Waals surface area contributed by atoms with Crippen LogP contribution in [0.4, 0.5) is 10.2 Å². The number of anilines is 1. The maximum Gasteiger partial charge on any atom is 0.263 e. The number of sulfonamides is 1. The van der Waals surface area contributed by atoms with E-state index in [0.29, 0.717) is 34.1 Å². The van der Waals surface area contributed by atoms with E-state index >= 15 is 4.39 Å². The Morgan fingerprint density at radius 1 is 1.14 bits per heavy atom. The molecule has 35 heavy (non-hydrogen) atoms. The Morgan fingerprint density at radius 2 is 1.97 bits per heavy atom. The zero-order valence-electron chi connectivity index (χ0n) is 18.8. The van der Waals surface area contributed by atoms with Crippen LogP contribution in [-0.2, 0) is 10.0 Å². The third kappa shape index (κ3) is 3.87. The standard InChI is InChI=1S/C25H22FN3O5S/c1-33-23-12-19(18-11-17(18)14-2-3-14)20(26)13-22(23)29-21-6-5-16(10-15(21)4-7-25(29)30)35(31,32)28-24-8-9-34-27-24/h4-10,12-14,17-18H,2-3,11H2,1H3,(H,27,28)/t17-,18+/m1/s1. The molecule has 4 aromatic rings. The van der Waals surface area contributed by atoms with Crippen molar-refractivity contribution in [1.29, 1.82) is 0 Å². The number of pyridine rings is 1. The SMILES string of the molecule is COc1cc([C@H]2C[C@@H]2C2CC2)c(F)cc1-n1c(=O)ccc2cc(S(=O)(=O)Nc3ccon3)ccc21. The van der Waals surface area contributed by atoms with Crippen LogP contribution in [0, 0.1) is 17.7 Å². The van der Waals surface area contributed by atoms with Crippen LogP contribution in [0.1, 0.15) is 30.7 Å². The molecule has 10 heteroatoms. The normalized spacial score (nSPS) is 19.6. The highest BCUT2D eigenvalue weighted by atomic mass is 32.2. The van der Waals surface area contributed by atoms with Crippen molar-refractivity contribution in [2.24, 2.45) is 11.8 Å². The van der Waals surface area contributed by atoms with E-state index in [2.05, 4.69) is 14.4 Å². The fraction of sp³-hybridized carbons (Fsp3) is 0.280. The van der Waals surface area contributed by atoms with Crippen molar-refractivity contribution in [3.8, 4) is 11.4 Å². The number of rotatable bonds is 7. The molecule has 2 aromatic heterocycles. The molecule has 0 aliphatic heterocycles. The van der Waals surface area contributed by atoms with Gasteiger partial charge < -0.3 is 9.26 Å². The average Bonchev–Trinajstić information content (AvgIpc) is 3.76. The Labute approximate surface area is 200 Å². The molecule has 0 saturated heterocycles. The summed E-state index contributed by atoms with van der Waals surface area (Å²) in [5, 5.41) is 4.04. The van der Waals surface area contributed by atoms with Gasteiger partial charge in [-0.2, -0.15) is 0 Å². The van der Waals surface area contributed by atoms with E-state index in [1.165, 1.54) is 73.2 Å². The van der Waals surface area contributed by atoms with Gasteiger partial charge in [0.1, 0.15) is 17.8 Å². The molecule has 2 fully saturated rings. The number of methoxy groups -OCH3 is 1. The van der Waals surface area contributed by atoms with Gasteiger partial charge in [-0.15, -0.1) is 0 Å². The van der Waals surface area contributed by atoms with Crippen LogP contribution >= 0.6 is 0 Å². The van der Waals surface area contributed by atoms with Crippen molar-refractivity contribution in [2.75, 3.05) is 11.8 Å². The van der Waals surface area contributed by atoms with E-state index in [-0.39, 0.29) is 33.7 Å². The maximum atomic E-state index is 15.3. The second-order valence-corrected chi connectivity index (χ2v) is 10.8. The van der Waals surface area contributed by atoms with Gasteiger partial charge in [0.25, 0.3) is 15.6 Å². The molecule has 1 N–H and O–H groups in total. The molecular weight excluding hydrogens is 473 g/mol. The molecule has 0 spiro atoms. The van der Waals surface area contributed by atoms with E-state index in [1.807, 2.05) is 0 Å². The molecule has 0 radical (unpaired) electrons. The molecule has 0 bridgehead atoms. The average molecular weight is 496 g/mol. The first-order chi connectivity index (χ1) is 16.9. The summed E-state index contributed by atoms with van der Waals surface area (Å²) in [6.45, 7) is 0. The molecule has 2 heterocycles. The quantitative estimate of drug-likeness (QED) is 0.407. The van der Waals surface area contributed by atoms with Gasteiger partial charge in [0.05, 0.1) is 23.2 Å². The van der Waals surface area contributed by atoms with Crippen LogP contribution in [-0.4, -0.2) is 25.3 Å². The molecule has 0 amide bonds. The number of hydrogen-bond donors (Lipinski definition) is 1. The number of aromatic nitrogens is 2. The zero-order valence-corrected chi connectivity index (χ0v) is 19.6. The molecule has 0 unspecified atom stereocenters. The highest BCUT2D eigenvalue weighted by molar-refractivity contribution is 7.92. The summed E-state index contributed by atoms with van der Waals surface area (Å²) < 4.78 is 54.7. The van der Waals surface area contributed by atoms with Crippen molar-refractivity contribution < 1.29 is 22.1 Å². The van der Waals surface area contributed by atoms with Gasteiger partial charge in [-0.1, -0.05) is 5.16 Å². The van der Waals surface area contributed by atoms with Gasteiger partial charge in [-0.05, 0) is 72.9 Å². The third-order valence-electron chi connectivity index (χ3n) is 6.86. The van der Waals surface area contributed by atoms with E-state index in [9.17, 15) is 13.2 Å². The second-order valence-electron chi connectivity index (χ2n) is 9.11. The molecule has 2 atom stereocenters. The Kier molecular flexibility index (Phi) is 4.96. The van der Waals surface area contributed by atoms with Crippen molar-refractivity contribution in [3.63, 3.8) is 0 Å². The second kappa shape index (κ2) is 7.94. The van der Waals surface area contributed by atoms with Gasteiger partial charge in [0, 0.05) is 23.6 Å². The first-order valence-electron chi connectivity index (χ1n) is 11.3. The fourth-order valence-electron chi connectivity index (χ4n) is 4.90. The van der Waals surface area contributed by atoms with Crippen molar-refractivity contribution in [2.45, 2.75) is 30.1 Å². The van der Waals surface area contributed by atoms with Crippen LogP contribution in [0.15, 0.2) is 69.0 Å². The summed E-state index contributed by atoms with van der Waals surface area (Å²) in [7, 11) is -2.45. The van der Waals surface area contributed by atoms with Gasteiger partial charge >= 0.3 is 0 Å². The predicted molar refractivity (Wildman–Crippen MR) is 127 cm³/mol. The lowest BCUT2D eigenvalue weighted by Gasteiger charge is -2.16. The lowest BCUT2D eigenvalue weighted by molar-refractivity contribution is 0.410. The molecule has 2 aliphatic carbocycles. The number of hydrogen-bond acceptors (Lipinski definition) is 6. The molecule has 180 valence electrons. The minimum absolute atomic E-state index is 0.0217. The minimum Gasteiger partial charge on any atom is -0.495 e. The Morgan fingerprint density at radius 3 is 2.69 bits per heavy atom. The number of fused-ring (bicyclic) bond motifs is 1. The van der Waals surface area contributed by atoms with Crippen molar-refractivity contribution >= 4 is 26.7 Å². The number of benzene rings is 2. The molecule has 6 rings (SSSR count). The van der Waals surface area contributed by atoms with Gasteiger partial charge in [-0.3, -0.25) is 14.1 Å². The van der Waals surface area contributed by atoms with E-state index in [1.54, 1.807) is 6.07 Å². The minimum atomic E-state index is -3.94. The number of halogens is 1. The molecule has 2 aromatic carbocycles. The Hall–Kier alpha value is -3.66. The fourth-order valence-corrected chi connectivity index (χ4v) is 5.93. The van der Waals surface area contributed by atoms with E-state index in [4.69, 9.17) is 4.74 Å². The topological polar surface area (TPSA) is 103 Å². The third-order valence-corrected chi connectivity index (χ3v) is 8.21.